The van der Waals surface area contributed by atoms with Crippen molar-refractivity contribution in [2.75, 3.05) is 0 Å². The molecule has 7 heteroatoms. The molecule has 0 saturated heterocycles. The molecule has 27 heavy (non-hydrogen) atoms. The standard InChI is InChI=1S/C20H20ClN3O3/c1-12-8-13(2)10-17(9-12)26-14(3)20(25)22-11-18-23-19(24-27-18)15-4-6-16(21)7-5-15/h4-10,14H,11H2,1-3H3,(H,22,25)/t14-/m1/s1. The highest BCUT2D eigenvalue weighted by atomic mass is 35.5. The molecule has 0 bridgehead atoms. The van der Waals surface area contributed by atoms with Crippen LogP contribution in [0.1, 0.15) is 23.9 Å². The van der Waals surface area contributed by atoms with Crippen LogP contribution in [0.25, 0.3) is 11.4 Å². The van der Waals surface area contributed by atoms with Gasteiger partial charge in [-0.25, -0.2) is 0 Å². The van der Waals surface area contributed by atoms with Crippen molar-refractivity contribution in [3.8, 4) is 17.1 Å². The van der Waals surface area contributed by atoms with E-state index in [1.165, 1.54) is 0 Å². The molecule has 0 aliphatic heterocycles. The number of amides is 1. The maximum absolute atomic E-state index is 12.3. The van der Waals surface area contributed by atoms with Gasteiger partial charge in [-0.2, -0.15) is 4.98 Å². The minimum Gasteiger partial charge on any atom is -0.481 e. The Balaban J connectivity index is 1.56. The van der Waals surface area contributed by atoms with Crippen molar-refractivity contribution >= 4 is 17.5 Å². The van der Waals surface area contributed by atoms with Crippen LogP contribution in [0.5, 0.6) is 5.75 Å². The quantitative estimate of drug-likeness (QED) is 0.691. The lowest BCUT2D eigenvalue weighted by atomic mass is 10.1. The number of carbonyl (C=O) groups is 1. The molecule has 0 spiro atoms. The number of aryl methyl sites for hydroxylation is 2. The highest BCUT2D eigenvalue weighted by Gasteiger charge is 2.16. The number of hydrogen-bond donors (Lipinski definition) is 1. The van der Waals surface area contributed by atoms with Crippen LogP contribution >= 0.6 is 11.6 Å². The number of halogens is 1. The van der Waals surface area contributed by atoms with Gasteiger partial charge in [-0.15, -0.1) is 0 Å². The van der Waals surface area contributed by atoms with E-state index in [9.17, 15) is 4.79 Å². The van der Waals surface area contributed by atoms with E-state index in [0.29, 0.717) is 22.5 Å². The number of carbonyl (C=O) groups excluding carboxylic acids is 1. The summed E-state index contributed by atoms with van der Waals surface area (Å²) in [6, 6.07) is 12.9. The highest BCUT2D eigenvalue weighted by molar-refractivity contribution is 6.30. The molecule has 1 atom stereocenters. The number of nitrogens with zero attached hydrogens (tertiary/aromatic N) is 2. The second kappa shape index (κ2) is 8.22. The summed E-state index contributed by atoms with van der Waals surface area (Å²) in [5.41, 5.74) is 2.95. The van der Waals surface area contributed by atoms with Crippen LogP contribution in [0.4, 0.5) is 0 Å². The monoisotopic (exact) mass is 385 g/mol. The van der Waals surface area contributed by atoms with E-state index < -0.39 is 6.10 Å². The molecular formula is C20H20ClN3O3. The first kappa shape index (κ1) is 18.9. The van der Waals surface area contributed by atoms with Gasteiger partial charge in [-0.3, -0.25) is 4.79 Å². The van der Waals surface area contributed by atoms with Gasteiger partial charge in [0.05, 0.1) is 6.54 Å². The summed E-state index contributed by atoms with van der Waals surface area (Å²) >= 11 is 5.87. The zero-order valence-corrected chi connectivity index (χ0v) is 16.1. The fraction of sp³-hybridized carbons (Fsp3) is 0.250. The van der Waals surface area contributed by atoms with Crippen LogP contribution in [-0.4, -0.2) is 22.2 Å². The minimum atomic E-state index is -0.648. The molecule has 1 N–H and O–H groups in total. The van der Waals surface area contributed by atoms with Crippen LogP contribution in [0.3, 0.4) is 0 Å². The molecular weight excluding hydrogens is 366 g/mol. The molecule has 0 radical (unpaired) electrons. The molecule has 0 aliphatic rings. The first-order valence-electron chi connectivity index (χ1n) is 8.52. The van der Waals surface area contributed by atoms with Gasteiger partial charge >= 0.3 is 0 Å². The second-order valence-electron chi connectivity index (χ2n) is 6.32. The SMILES string of the molecule is Cc1cc(C)cc(O[C@H](C)C(=O)NCc2nc(-c3ccc(Cl)cc3)no2)c1. The minimum absolute atomic E-state index is 0.125. The first-order chi connectivity index (χ1) is 12.9. The predicted octanol–water partition coefficient (Wildman–Crippen LogP) is 4.09. The van der Waals surface area contributed by atoms with Crippen molar-refractivity contribution in [1.82, 2.24) is 15.5 Å². The van der Waals surface area contributed by atoms with E-state index in [2.05, 4.69) is 15.5 Å². The Hall–Kier alpha value is -2.86. The van der Waals surface area contributed by atoms with E-state index in [1.54, 1.807) is 31.2 Å². The van der Waals surface area contributed by atoms with Gasteiger partial charge in [0.15, 0.2) is 6.10 Å². The summed E-state index contributed by atoms with van der Waals surface area (Å²) < 4.78 is 10.9. The van der Waals surface area contributed by atoms with Gasteiger partial charge in [0.25, 0.3) is 5.91 Å². The number of hydrogen-bond acceptors (Lipinski definition) is 5. The Bertz CT molecular complexity index is 918. The van der Waals surface area contributed by atoms with Crippen molar-refractivity contribution in [3.63, 3.8) is 0 Å². The maximum atomic E-state index is 12.3. The largest absolute Gasteiger partial charge is 0.481 e. The van der Waals surface area contributed by atoms with Gasteiger partial charge in [-0.1, -0.05) is 22.8 Å². The lowest BCUT2D eigenvalue weighted by Gasteiger charge is -2.15. The fourth-order valence-corrected chi connectivity index (χ4v) is 2.73. The highest BCUT2D eigenvalue weighted by Crippen LogP contribution is 2.19. The molecule has 0 fully saturated rings. The second-order valence-corrected chi connectivity index (χ2v) is 6.76. The van der Waals surface area contributed by atoms with Crippen LogP contribution in [0, 0.1) is 13.8 Å². The third-order valence-electron chi connectivity index (χ3n) is 3.86. The number of nitrogens with one attached hydrogen (secondary N) is 1. The first-order valence-corrected chi connectivity index (χ1v) is 8.89. The molecule has 1 aromatic heterocycles. The molecule has 2 aromatic carbocycles. The van der Waals surface area contributed by atoms with Crippen molar-refractivity contribution in [2.45, 2.75) is 33.4 Å². The van der Waals surface area contributed by atoms with Gasteiger partial charge < -0.3 is 14.6 Å². The maximum Gasteiger partial charge on any atom is 0.261 e. The van der Waals surface area contributed by atoms with E-state index >= 15 is 0 Å². The summed E-state index contributed by atoms with van der Waals surface area (Å²) in [6.45, 7) is 5.79. The van der Waals surface area contributed by atoms with Crippen LogP contribution < -0.4 is 10.1 Å². The van der Waals surface area contributed by atoms with Crippen molar-refractivity contribution in [1.29, 1.82) is 0 Å². The fourth-order valence-electron chi connectivity index (χ4n) is 2.61. The molecule has 1 heterocycles. The molecule has 140 valence electrons. The third kappa shape index (κ3) is 5.08. The summed E-state index contributed by atoms with van der Waals surface area (Å²) in [4.78, 5) is 16.5. The molecule has 0 aliphatic carbocycles. The Morgan fingerprint density at radius 3 is 2.52 bits per heavy atom. The Kier molecular flexibility index (Phi) is 5.76. The predicted molar refractivity (Wildman–Crippen MR) is 103 cm³/mol. The molecule has 3 aromatic rings. The average Bonchev–Trinajstić information content (AvgIpc) is 3.08. The number of aromatic nitrogens is 2. The van der Waals surface area contributed by atoms with Crippen molar-refractivity contribution in [3.05, 3.63) is 64.5 Å². The summed E-state index contributed by atoms with van der Waals surface area (Å²) in [5.74, 6) is 1.15. The summed E-state index contributed by atoms with van der Waals surface area (Å²) in [6.07, 6.45) is -0.648. The van der Waals surface area contributed by atoms with E-state index in [1.807, 2.05) is 32.0 Å². The van der Waals surface area contributed by atoms with Crippen LogP contribution in [0.15, 0.2) is 47.0 Å². The summed E-state index contributed by atoms with van der Waals surface area (Å²) in [5, 5.41) is 7.29. The molecule has 1 amide bonds. The van der Waals surface area contributed by atoms with E-state index in [0.717, 1.165) is 16.7 Å². The topological polar surface area (TPSA) is 77.2 Å². The van der Waals surface area contributed by atoms with Crippen molar-refractivity contribution in [2.24, 2.45) is 0 Å². The lowest BCUT2D eigenvalue weighted by molar-refractivity contribution is -0.127. The smallest absolute Gasteiger partial charge is 0.261 e. The zero-order valence-electron chi connectivity index (χ0n) is 15.3. The Morgan fingerprint density at radius 2 is 1.85 bits per heavy atom. The van der Waals surface area contributed by atoms with Gasteiger partial charge in [0.1, 0.15) is 5.75 Å². The van der Waals surface area contributed by atoms with Crippen LogP contribution in [0.2, 0.25) is 5.02 Å². The number of benzene rings is 2. The van der Waals surface area contributed by atoms with Crippen LogP contribution in [-0.2, 0) is 11.3 Å². The molecule has 0 saturated carbocycles. The number of ether oxygens (including phenoxy) is 1. The summed E-state index contributed by atoms with van der Waals surface area (Å²) in [7, 11) is 0. The average molecular weight is 386 g/mol. The number of rotatable bonds is 6. The van der Waals surface area contributed by atoms with Gasteiger partial charge in [0.2, 0.25) is 11.7 Å². The lowest BCUT2D eigenvalue weighted by Crippen LogP contribution is -2.36. The van der Waals surface area contributed by atoms with Gasteiger partial charge in [-0.05, 0) is 68.3 Å². The molecule has 3 rings (SSSR count). The van der Waals surface area contributed by atoms with E-state index in [-0.39, 0.29) is 12.5 Å². The molecule has 0 unspecified atom stereocenters. The third-order valence-corrected chi connectivity index (χ3v) is 4.11. The normalized spacial score (nSPS) is 11.9. The van der Waals surface area contributed by atoms with Crippen molar-refractivity contribution < 1.29 is 14.1 Å². The Labute approximate surface area is 162 Å². The van der Waals surface area contributed by atoms with E-state index in [4.69, 9.17) is 20.9 Å². The molecule has 6 nitrogen and oxygen atoms in total. The zero-order chi connectivity index (χ0) is 19.4. The Morgan fingerprint density at radius 1 is 1.19 bits per heavy atom. The van der Waals surface area contributed by atoms with Gasteiger partial charge in [0, 0.05) is 10.6 Å².